The molecule has 3 nitrogen and oxygen atoms in total. The van der Waals surface area contributed by atoms with Crippen molar-refractivity contribution in [3.8, 4) is 0 Å². The zero-order valence-corrected chi connectivity index (χ0v) is 8.56. The van der Waals surface area contributed by atoms with E-state index < -0.39 is 0 Å². The van der Waals surface area contributed by atoms with Gasteiger partial charge in [-0.05, 0) is 19.8 Å². The van der Waals surface area contributed by atoms with Crippen LogP contribution in [0.4, 0.5) is 0 Å². The number of carbonyl (C=O) groups excluding carboxylic acids is 1. The third-order valence-electron chi connectivity index (χ3n) is 2.67. The minimum atomic E-state index is 0.00639. The molecule has 0 aliphatic heterocycles. The summed E-state index contributed by atoms with van der Waals surface area (Å²) in [7, 11) is 1.54. The Kier molecular flexibility index (Phi) is 3.72. The Balaban J connectivity index is 2.36. The monoisotopic (exact) mass is 185 g/mol. The van der Waals surface area contributed by atoms with Gasteiger partial charge in [0.05, 0.1) is 0 Å². The molecule has 1 aliphatic rings. The number of carbonyl (C=O) groups is 1. The zero-order valence-electron chi connectivity index (χ0n) is 8.56. The molecule has 13 heavy (non-hydrogen) atoms. The maximum atomic E-state index is 11.3. The van der Waals surface area contributed by atoms with Crippen LogP contribution in [0.1, 0.15) is 39.0 Å². The minimum absolute atomic E-state index is 0.00639. The third kappa shape index (κ3) is 3.35. The van der Waals surface area contributed by atoms with Gasteiger partial charge in [0.1, 0.15) is 6.61 Å². The number of nitrogens with one attached hydrogen (secondary N) is 1. The second-order valence-corrected chi connectivity index (χ2v) is 4.10. The lowest BCUT2D eigenvalue weighted by atomic mass is 9.83. The number of rotatable bonds is 3. The van der Waals surface area contributed by atoms with Gasteiger partial charge in [0.15, 0.2) is 0 Å². The summed E-state index contributed by atoms with van der Waals surface area (Å²) in [6.07, 6.45) is 5.95. The molecule has 1 aliphatic carbocycles. The summed E-state index contributed by atoms with van der Waals surface area (Å²) in [6.45, 7) is 2.30. The van der Waals surface area contributed by atoms with Gasteiger partial charge in [-0.3, -0.25) is 4.79 Å². The van der Waals surface area contributed by atoms with E-state index in [1.54, 1.807) is 7.11 Å². The first-order valence-electron chi connectivity index (χ1n) is 4.96. The predicted octanol–water partition coefficient (Wildman–Crippen LogP) is 1.47. The summed E-state index contributed by atoms with van der Waals surface area (Å²) >= 11 is 0. The third-order valence-corrected chi connectivity index (χ3v) is 2.67. The van der Waals surface area contributed by atoms with Crippen LogP contribution >= 0.6 is 0 Å². The van der Waals surface area contributed by atoms with Crippen LogP contribution in [-0.4, -0.2) is 25.2 Å². The standard InChI is InChI=1S/C10H19NO2/c1-10(6-4-3-5-7-10)11-9(12)8-13-2/h3-8H2,1-2H3,(H,11,12). The molecule has 0 aromatic rings. The SMILES string of the molecule is COCC(=O)NC1(C)CCCCC1. The van der Waals surface area contributed by atoms with Gasteiger partial charge >= 0.3 is 0 Å². The maximum Gasteiger partial charge on any atom is 0.246 e. The molecule has 3 heteroatoms. The van der Waals surface area contributed by atoms with Gasteiger partial charge in [0.2, 0.25) is 5.91 Å². The first-order chi connectivity index (χ1) is 6.16. The van der Waals surface area contributed by atoms with Crippen molar-refractivity contribution in [3.63, 3.8) is 0 Å². The molecular weight excluding hydrogens is 166 g/mol. The molecule has 0 spiro atoms. The summed E-state index contributed by atoms with van der Waals surface area (Å²) < 4.78 is 4.78. The van der Waals surface area contributed by atoms with Crippen LogP contribution in [0.2, 0.25) is 0 Å². The van der Waals surface area contributed by atoms with Crippen LogP contribution < -0.4 is 5.32 Å². The van der Waals surface area contributed by atoms with E-state index in [0.717, 1.165) is 12.8 Å². The van der Waals surface area contributed by atoms with Crippen molar-refractivity contribution in [3.05, 3.63) is 0 Å². The van der Waals surface area contributed by atoms with Crippen LogP contribution in [0.3, 0.4) is 0 Å². The van der Waals surface area contributed by atoms with Gasteiger partial charge < -0.3 is 10.1 Å². The molecule has 76 valence electrons. The number of methoxy groups -OCH3 is 1. The van der Waals surface area contributed by atoms with Crippen LogP contribution in [0.5, 0.6) is 0 Å². The molecule has 0 aromatic heterocycles. The van der Waals surface area contributed by atoms with Crippen molar-refractivity contribution < 1.29 is 9.53 Å². The first kappa shape index (κ1) is 10.5. The molecule has 0 radical (unpaired) electrons. The predicted molar refractivity (Wildman–Crippen MR) is 51.5 cm³/mol. The van der Waals surface area contributed by atoms with Crippen molar-refractivity contribution in [2.75, 3.05) is 13.7 Å². The Labute approximate surface area is 79.8 Å². The maximum absolute atomic E-state index is 11.3. The molecule has 0 heterocycles. The smallest absolute Gasteiger partial charge is 0.246 e. The molecule has 0 aromatic carbocycles. The summed E-state index contributed by atoms with van der Waals surface area (Å²) in [6, 6.07) is 0. The molecular formula is C10H19NO2. The van der Waals surface area contributed by atoms with Crippen LogP contribution in [0, 0.1) is 0 Å². The molecule has 0 saturated heterocycles. The van der Waals surface area contributed by atoms with Gasteiger partial charge in [-0.25, -0.2) is 0 Å². The van der Waals surface area contributed by atoms with E-state index in [1.165, 1.54) is 19.3 Å². The number of ether oxygens (including phenoxy) is 1. The highest BCUT2D eigenvalue weighted by Crippen LogP contribution is 2.27. The largest absolute Gasteiger partial charge is 0.375 e. The molecule has 1 amide bonds. The fourth-order valence-corrected chi connectivity index (χ4v) is 1.96. The van der Waals surface area contributed by atoms with Gasteiger partial charge in [0, 0.05) is 12.6 Å². The zero-order chi connectivity index (χ0) is 9.73. The molecule has 1 saturated carbocycles. The van der Waals surface area contributed by atoms with E-state index in [-0.39, 0.29) is 18.1 Å². The molecule has 1 fully saturated rings. The highest BCUT2D eigenvalue weighted by Gasteiger charge is 2.27. The quantitative estimate of drug-likeness (QED) is 0.723. The Hall–Kier alpha value is -0.570. The molecule has 1 N–H and O–H groups in total. The highest BCUT2D eigenvalue weighted by atomic mass is 16.5. The van der Waals surface area contributed by atoms with Gasteiger partial charge in [-0.2, -0.15) is 0 Å². The van der Waals surface area contributed by atoms with Gasteiger partial charge in [0.25, 0.3) is 0 Å². The fourth-order valence-electron chi connectivity index (χ4n) is 1.96. The lowest BCUT2D eigenvalue weighted by Crippen LogP contribution is -2.48. The summed E-state index contributed by atoms with van der Waals surface area (Å²) in [5.41, 5.74) is 0.0217. The molecule has 1 rings (SSSR count). The van der Waals surface area contributed by atoms with Crippen LogP contribution in [0.15, 0.2) is 0 Å². The molecule has 0 bridgehead atoms. The van der Waals surface area contributed by atoms with E-state index in [9.17, 15) is 4.79 Å². The van der Waals surface area contributed by atoms with Gasteiger partial charge in [-0.1, -0.05) is 19.3 Å². The highest BCUT2D eigenvalue weighted by molar-refractivity contribution is 5.77. The summed E-state index contributed by atoms with van der Waals surface area (Å²) in [5.74, 6) is 0.00639. The van der Waals surface area contributed by atoms with Crippen molar-refractivity contribution in [2.24, 2.45) is 0 Å². The average Bonchev–Trinajstić information content (AvgIpc) is 2.04. The van der Waals surface area contributed by atoms with E-state index in [4.69, 9.17) is 4.74 Å². The summed E-state index contributed by atoms with van der Waals surface area (Å²) in [4.78, 5) is 11.3. The topological polar surface area (TPSA) is 38.3 Å². The Morgan fingerprint density at radius 3 is 2.54 bits per heavy atom. The van der Waals surface area contributed by atoms with E-state index in [2.05, 4.69) is 12.2 Å². The van der Waals surface area contributed by atoms with Crippen molar-refractivity contribution in [1.82, 2.24) is 5.32 Å². The Morgan fingerprint density at radius 1 is 1.38 bits per heavy atom. The van der Waals surface area contributed by atoms with Crippen molar-refractivity contribution in [2.45, 2.75) is 44.6 Å². The second kappa shape index (κ2) is 4.61. The normalized spacial score (nSPS) is 21.1. The lowest BCUT2D eigenvalue weighted by Gasteiger charge is -2.34. The van der Waals surface area contributed by atoms with Crippen LogP contribution in [0.25, 0.3) is 0 Å². The Morgan fingerprint density at radius 2 is 2.00 bits per heavy atom. The minimum Gasteiger partial charge on any atom is -0.375 e. The van der Waals surface area contributed by atoms with E-state index >= 15 is 0 Å². The van der Waals surface area contributed by atoms with Crippen LogP contribution in [-0.2, 0) is 9.53 Å². The fraction of sp³-hybridized carbons (Fsp3) is 0.900. The number of amides is 1. The average molecular weight is 185 g/mol. The van der Waals surface area contributed by atoms with E-state index in [0.29, 0.717) is 0 Å². The second-order valence-electron chi connectivity index (χ2n) is 4.10. The number of hydrogen-bond donors (Lipinski definition) is 1. The summed E-state index contributed by atoms with van der Waals surface area (Å²) in [5, 5.41) is 3.03. The van der Waals surface area contributed by atoms with Gasteiger partial charge in [-0.15, -0.1) is 0 Å². The van der Waals surface area contributed by atoms with E-state index in [1.807, 2.05) is 0 Å². The molecule has 0 atom stereocenters. The lowest BCUT2D eigenvalue weighted by molar-refractivity contribution is -0.126. The first-order valence-corrected chi connectivity index (χ1v) is 4.96. The van der Waals surface area contributed by atoms with Crippen molar-refractivity contribution in [1.29, 1.82) is 0 Å². The van der Waals surface area contributed by atoms with Crippen molar-refractivity contribution >= 4 is 5.91 Å². The molecule has 0 unspecified atom stereocenters. The number of hydrogen-bond acceptors (Lipinski definition) is 2. The Bertz CT molecular complexity index is 174.